The SMILES string of the molecule is CC1CC[NH+](CC(=O)Nc2cccc(C(F)(F)F)c2)CC1. The van der Waals surface area contributed by atoms with Crippen molar-refractivity contribution in [2.45, 2.75) is 25.9 Å². The van der Waals surface area contributed by atoms with Gasteiger partial charge in [-0.3, -0.25) is 4.79 Å². The van der Waals surface area contributed by atoms with E-state index in [2.05, 4.69) is 12.2 Å². The second kappa shape index (κ2) is 6.47. The topological polar surface area (TPSA) is 33.5 Å². The fourth-order valence-corrected chi connectivity index (χ4v) is 2.55. The Bertz CT molecular complexity index is 494. The molecule has 1 amide bonds. The molecule has 0 atom stereocenters. The average molecular weight is 301 g/mol. The van der Waals surface area contributed by atoms with Crippen molar-refractivity contribution in [3.8, 4) is 0 Å². The molecule has 21 heavy (non-hydrogen) atoms. The summed E-state index contributed by atoms with van der Waals surface area (Å²) in [4.78, 5) is 13.1. The first-order valence-corrected chi connectivity index (χ1v) is 7.15. The van der Waals surface area contributed by atoms with Crippen LogP contribution < -0.4 is 10.2 Å². The molecule has 2 N–H and O–H groups in total. The Morgan fingerprint density at radius 3 is 2.62 bits per heavy atom. The number of alkyl halides is 3. The van der Waals surface area contributed by atoms with Gasteiger partial charge in [0.05, 0.1) is 18.7 Å². The molecule has 3 nitrogen and oxygen atoms in total. The van der Waals surface area contributed by atoms with E-state index in [1.807, 2.05) is 0 Å². The predicted octanol–water partition coefficient (Wildman–Crippen LogP) is 1.96. The molecule has 1 aromatic rings. The molecule has 1 saturated heterocycles. The van der Waals surface area contributed by atoms with Crippen LogP contribution in [0.5, 0.6) is 0 Å². The minimum Gasteiger partial charge on any atom is -0.327 e. The van der Waals surface area contributed by atoms with Crippen molar-refractivity contribution in [1.29, 1.82) is 0 Å². The van der Waals surface area contributed by atoms with E-state index in [1.54, 1.807) is 0 Å². The summed E-state index contributed by atoms with van der Waals surface area (Å²) in [6.45, 7) is 4.39. The normalized spacial score (nSPS) is 22.9. The molecule has 1 heterocycles. The van der Waals surface area contributed by atoms with E-state index < -0.39 is 11.7 Å². The molecule has 1 aliphatic heterocycles. The van der Waals surface area contributed by atoms with Crippen LogP contribution in [0.1, 0.15) is 25.3 Å². The zero-order chi connectivity index (χ0) is 15.5. The summed E-state index contributed by atoms with van der Waals surface area (Å²) in [7, 11) is 0. The van der Waals surface area contributed by atoms with Crippen molar-refractivity contribution < 1.29 is 22.9 Å². The predicted molar refractivity (Wildman–Crippen MR) is 74.0 cm³/mol. The maximum Gasteiger partial charge on any atom is 0.416 e. The van der Waals surface area contributed by atoms with Crippen LogP contribution in [0.15, 0.2) is 24.3 Å². The number of hydrogen-bond acceptors (Lipinski definition) is 1. The Hall–Kier alpha value is -1.56. The first-order valence-electron chi connectivity index (χ1n) is 7.15. The van der Waals surface area contributed by atoms with Crippen LogP contribution in [-0.2, 0) is 11.0 Å². The molecule has 0 saturated carbocycles. The number of likely N-dealkylation sites (tertiary alicyclic amines) is 1. The maximum absolute atomic E-state index is 12.6. The van der Waals surface area contributed by atoms with E-state index in [-0.39, 0.29) is 11.6 Å². The highest BCUT2D eigenvalue weighted by molar-refractivity contribution is 5.91. The van der Waals surface area contributed by atoms with Gasteiger partial charge in [0.2, 0.25) is 0 Å². The molecule has 0 bridgehead atoms. The van der Waals surface area contributed by atoms with Crippen LogP contribution in [0, 0.1) is 5.92 Å². The van der Waals surface area contributed by atoms with Crippen molar-refractivity contribution in [3.63, 3.8) is 0 Å². The van der Waals surface area contributed by atoms with Crippen molar-refractivity contribution >= 4 is 11.6 Å². The number of hydrogen-bond donors (Lipinski definition) is 2. The lowest BCUT2D eigenvalue weighted by Crippen LogP contribution is -3.14. The molecule has 0 unspecified atom stereocenters. The lowest BCUT2D eigenvalue weighted by Gasteiger charge is -2.26. The zero-order valence-corrected chi connectivity index (χ0v) is 12.0. The second-order valence-corrected chi connectivity index (χ2v) is 5.74. The van der Waals surface area contributed by atoms with E-state index in [0.717, 1.165) is 38.1 Å². The highest BCUT2D eigenvalue weighted by Gasteiger charge is 2.30. The van der Waals surface area contributed by atoms with Gasteiger partial charge in [-0.25, -0.2) is 0 Å². The second-order valence-electron chi connectivity index (χ2n) is 5.74. The third-order valence-electron chi connectivity index (χ3n) is 3.87. The molecule has 0 radical (unpaired) electrons. The highest BCUT2D eigenvalue weighted by Crippen LogP contribution is 2.30. The fourth-order valence-electron chi connectivity index (χ4n) is 2.55. The number of benzene rings is 1. The number of quaternary nitrogens is 1. The molecule has 6 heteroatoms. The Kier molecular flexibility index (Phi) is 4.88. The summed E-state index contributed by atoms with van der Waals surface area (Å²) < 4.78 is 37.8. The number of amides is 1. The molecule has 0 spiro atoms. The van der Waals surface area contributed by atoms with Crippen LogP contribution in [0.2, 0.25) is 0 Å². The number of anilines is 1. The van der Waals surface area contributed by atoms with E-state index in [1.165, 1.54) is 17.0 Å². The third-order valence-corrected chi connectivity index (χ3v) is 3.87. The Labute approximate surface area is 122 Å². The Morgan fingerprint density at radius 1 is 1.33 bits per heavy atom. The van der Waals surface area contributed by atoms with Gasteiger partial charge in [0.25, 0.3) is 5.91 Å². The summed E-state index contributed by atoms with van der Waals surface area (Å²) in [5.41, 5.74) is -0.556. The largest absolute Gasteiger partial charge is 0.416 e. The summed E-state index contributed by atoms with van der Waals surface area (Å²) in [5, 5.41) is 2.55. The number of halogens is 3. The molecule has 0 aliphatic carbocycles. The number of piperidine rings is 1. The minimum absolute atomic E-state index is 0.194. The van der Waals surface area contributed by atoms with Crippen LogP contribution in [0.25, 0.3) is 0 Å². The van der Waals surface area contributed by atoms with Gasteiger partial charge in [0, 0.05) is 5.69 Å². The maximum atomic E-state index is 12.6. The van der Waals surface area contributed by atoms with E-state index >= 15 is 0 Å². The monoisotopic (exact) mass is 301 g/mol. The molecule has 116 valence electrons. The van der Waals surface area contributed by atoms with Gasteiger partial charge in [-0.2, -0.15) is 13.2 Å². The van der Waals surface area contributed by atoms with Crippen LogP contribution in [-0.4, -0.2) is 25.5 Å². The summed E-state index contributed by atoms with van der Waals surface area (Å²) >= 11 is 0. The fraction of sp³-hybridized carbons (Fsp3) is 0.533. The van der Waals surface area contributed by atoms with Crippen LogP contribution >= 0.6 is 0 Å². The van der Waals surface area contributed by atoms with E-state index in [9.17, 15) is 18.0 Å². The number of rotatable bonds is 3. The molecule has 0 aromatic heterocycles. The lowest BCUT2D eigenvalue weighted by molar-refractivity contribution is -0.897. The zero-order valence-electron chi connectivity index (χ0n) is 12.0. The van der Waals surface area contributed by atoms with Gasteiger partial charge in [-0.1, -0.05) is 13.0 Å². The molecular weight excluding hydrogens is 281 g/mol. The van der Waals surface area contributed by atoms with Gasteiger partial charge in [-0.05, 0) is 37.0 Å². The van der Waals surface area contributed by atoms with Crippen LogP contribution in [0.4, 0.5) is 18.9 Å². The number of carbonyl (C=O) groups excluding carboxylic acids is 1. The van der Waals surface area contributed by atoms with Gasteiger partial charge in [-0.15, -0.1) is 0 Å². The van der Waals surface area contributed by atoms with Crippen molar-refractivity contribution in [2.75, 3.05) is 25.0 Å². The average Bonchev–Trinajstić information content (AvgIpc) is 2.41. The van der Waals surface area contributed by atoms with Gasteiger partial charge < -0.3 is 10.2 Å². The summed E-state index contributed by atoms with van der Waals surface area (Å²) in [5.74, 6) is 0.458. The third kappa shape index (κ3) is 4.74. The summed E-state index contributed by atoms with van der Waals surface area (Å²) in [6, 6.07) is 4.73. The highest BCUT2D eigenvalue weighted by atomic mass is 19.4. The molecule has 1 aromatic carbocycles. The Morgan fingerprint density at radius 2 is 2.00 bits per heavy atom. The first-order chi connectivity index (χ1) is 9.84. The van der Waals surface area contributed by atoms with Gasteiger partial charge in [0.1, 0.15) is 0 Å². The molecule has 1 aliphatic rings. The lowest BCUT2D eigenvalue weighted by atomic mass is 9.99. The van der Waals surface area contributed by atoms with Crippen molar-refractivity contribution in [3.05, 3.63) is 29.8 Å². The van der Waals surface area contributed by atoms with Crippen LogP contribution in [0.3, 0.4) is 0 Å². The molecule has 2 rings (SSSR count). The quantitative estimate of drug-likeness (QED) is 0.879. The van der Waals surface area contributed by atoms with E-state index in [0.29, 0.717) is 12.5 Å². The number of carbonyl (C=O) groups is 1. The smallest absolute Gasteiger partial charge is 0.327 e. The van der Waals surface area contributed by atoms with Gasteiger partial charge >= 0.3 is 6.18 Å². The first kappa shape index (κ1) is 15.8. The summed E-state index contributed by atoms with van der Waals surface area (Å²) in [6.07, 6.45) is -2.21. The standard InChI is InChI=1S/C15H19F3N2O/c1-11-5-7-20(8-6-11)10-14(21)19-13-4-2-3-12(9-13)15(16,17)18/h2-4,9,11H,5-8,10H2,1H3,(H,19,21)/p+1. The molecular formula is C15H20F3N2O+. The van der Waals surface area contributed by atoms with Crippen molar-refractivity contribution in [2.24, 2.45) is 5.92 Å². The molecule has 1 fully saturated rings. The Balaban J connectivity index is 1.91. The minimum atomic E-state index is -4.39. The van der Waals surface area contributed by atoms with Gasteiger partial charge in [0.15, 0.2) is 6.54 Å². The van der Waals surface area contributed by atoms with Crippen molar-refractivity contribution in [1.82, 2.24) is 0 Å². The van der Waals surface area contributed by atoms with E-state index in [4.69, 9.17) is 0 Å². The number of nitrogens with one attached hydrogen (secondary N) is 2.